The summed E-state index contributed by atoms with van der Waals surface area (Å²) in [7, 11) is -2.81. The van der Waals surface area contributed by atoms with E-state index in [9.17, 15) is 8.42 Å². The first kappa shape index (κ1) is 14.2. The van der Waals surface area contributed by atoms with Crippen molar-refractivity contribution in [1.29, 1.82) is 0 Å². The van der Waals surface area contributed by atoms with Crippen LogP contribution in [0.5, 0.6) is 0 Å². The molecular weight excluding hydrogens is 234 g/mol. The molecule has 0 aromatic heterocycles. The Kier molecular flexibility index (Phi) is 5.65. The predicted octanol–water partition coefficient (Wildman–Crippen LogP) is 1.91. The SMILES string of the molecule is CCS(=O)(=O)CCCNCc1ccc(C)cc1. The Balaban J connectivity index is 2.19. The molecule has 0 heterocycles. The van der Waals surface area contributed by atoms with E-state index in [1.165, 1.54) is 11.1 Å². The van der Waals surface area contributed by atoms with Crippen LogP contribution in [0, 0.1) is 6.92 Å². The molecule has 0 saturated heterocycles. The molecule has 0 saturated carbocycles. The molecule has 17 heavy (non-hydrogen) atoms. The Hall–Kier alpha value is -0.870. The van der Waals surface area contributed by atoms with Gasteiger partial charge in [-0.3, -0.25) is 0 Å². The third-order valence-electron chi connectivity index (χ3n) is 2.70. The minimum absolute atomic E-state index is 0.241. The van der Waals surface area contributed by atoms with Crippen molar-refractivity contribution >= 4 is 9.84 Å². The van der Waals surface area contributed by atoms with Crippen LogP contribution in [0.3, 0.4) is 0 Å². The number of aryl methyl sites for hydroxylation is 1. The van der Waals surface area contributed by atoms with Gasteiger partial charge in [0.1, 0.15) is 9.84 Å². The number of benzene rings is 1. The molecule has 0 aliphatic rings. The monoisotopic (exact) mass is 255 g/mol. The molecular formula is C13H21NO2S. The average Bonchev–Trinajstić information content (AvgIpc) is 2.31. The molecule has 1 rings (SSSR count). The second-order valence-electron chi connectivity index (χ2n) is 4.25. The van der Waals surface area contributed by atoms with Crippen molar-refractivity contribution in [2.45, 2.75) is 26.8 Å². The second kappa shape index (κ2) is 6.77. The third-order valence-corrected chi connectivity index (χ3v) is 4.49. The summed E-state index contributed by atoms with van der Waals surface area (Å²) in [4.78, 5) is 0. The van der Waals surface area contributed by atoms with E-state index in [-0.39, 0.29) is 11.5 Å². The Morgan fingerprint density at radius 3 is 2.41 bits per heavy atom. The fraction of sp³-hybridized carbons (Fsp3) is 0.538. The van der Waals surface area contributed by atoms with Gasteiger partial charge < -0.3 is 5.32 Å². The van der Waals surface area contributed by atoms with Gasteiger partial charge in [0.05, 0.1) is 5.75 Å². The standard InChI is InChI=1S/C13H21NO2S/c1-3-17(15,16)10-4-9-14-11-13-7-5-12(2)6-8-13/h5-8,14H,3-4,9-11H2,1-2H3. The zero-order chi connectivity index (χ0) is 12.7. The summed E-state index contributed by atoms with van der Waals surface area (Å²) in [6.07, 6.45) is 0.683. The van der Waals surface area contributed by atoms with Crippen LogP contribution in [-0.2, 0) is 16.4 Å². The predicted molar refractivity (Wildman–Crippen MR) is 71.8 cm³/mol. The summed E-state index contributed by atoms with van der Waals surface area (Å²) in [6, 6.07) is 8.34. The van der Waals surface area contributed by atoms with E-state index >= 15 is 0 Å². The Bertz CT molecular complexity index is 423. The molecule has 0 aliphatic carbocycles. The van der Waals surface area contributed by atoms with E-state index in [2.05, 4.69) is 36.5 Å². The van der Waals surface area contributed by atoms with E-state index in [1.807, 2.05) is 0 Å². The molecule has 0 radical (unpaired) electrons. The van der Waals surface area contributed by atoms with Crippen LogP contribution in [0.1, 0.15) is 24.5 Å². The molecule has 0 amide bonds. The summed E-state index contributed by atoms with van der Waals surface area (Å²) in [5, 5.41) is 3.25. The van der Waals surface area contributed by atoms with E-state index in [0.29, 0.717) is 6.42 Å². The molecule has 0 bridgehead atoms. The molecule has 1 aromatic carbocycles. The lowest BCUT2D eigenvalue weighted by Crippen LogP contribution is -2.18. The van der Waals surface area contributed by atoms with Crippen molar-refractivity contribution < 1.29 is 8.42 Å². The topological polar surface area (TPSA) is 46.2 Å². The van der Waals surface area contributed by atoms with Crippen LogP contribution in [-0.4, -0.2) is 26.5 Å². The van der Waals surface area contributed by atoms with Gasteiger partial charge >= 0.3 is 0 Å². The summed E-state index contributed by atoms with van der Waals surface area (Å²) < 4.78 is 22.5. The fourth-order valence-electron chi connectivity index (χ4n) is 1.50. The van der Waals surface area contributed by atoms with Gasteiger partial charge in [-0.25, -0.2) is 8.42 Å². The number of sulfone groups is 1. The summed E-state index contributed by atoms with van der Waals surface area (Å²) in [5.41, 5.74) is 2.48. The molecule has 96 valence electrons. The van der Waals surface area contributed by atoms with E-state index in [0.717, 1.165) is 13.1 Å². The van der Waals surface area contributed by atoms with Crippen LogP contribution in [0.4, 0.5) is 0 Å². The van der Waals surface area contributed by atoms with E-state index in [1.54, 1.807) is 6.92 Å². The highest BCUT2D eigenvalue weighted by Gasteiger charge is 2.05. The number of nitrogens with one attached hydrogen (secondary N) is 1. The van der Waals surface area contributed by atoms with Crippen LogP contribution < -0.4 is 5.32 Å². The van der Waals surface area contributed by atoms with Gasteiger partial charge in [0, 0.05) is 12.3 Å². The maximum Gasteiger partial charge on any atom is 0.150 e. The Labute approximate surface area is 104 Å². The van der Waals surface area contributed by atoms with Crippen LogP contribution in [0.15, 0.2) is 24.3 Å². The van der Waals surface area contributed by atoms with Crippen molar-refractivity contribution in [3.63, 3.8) is 0 Å². The first-order valence-electron chi connectivity index (χ1n) is 6.00. The molecule has 1 aromatic rings. The molecule has 0 fully saturated rings. The van der Waals surface area contributed by atoms with Gasteiger partial charge in [-0.15, -0.1) is 0 Å². The van der Waals surface area contributed by atoms with Gasteiger partial charge in [-0.2, -0.15) is 0 Å². The van der Waals surface area contributed by atoms with Crippen LogP contribution in [0.2, 0.25) is 0 Å². The first-order chi connectivity index (χ1) is 8.03. The number of hydrogen-bond acceptors (Lipinski definition) is 3. The van der Waals surface area contributed by atoms with Gasteiger partial charge in [0.2, 0.25) is 0 Å². The molecule has 0 atom stereocenters. The molecule has 3 nitrogen and oxygen atoms in total. The van der Waals surface area contributed by atoms with Crippen molar-refractivity contribution in [2.24, 2.45) is 0 Å². The maximum absolute atomic E-state index is 11.2. The Morgan fingerprint density at radius 1 is 1.18 bits per heavy atom. The molecule has 4 heteroatoms. The molecule has 0 aliphatic heterocycles. The highest BCUT2D eigenvalue weighted by atomic mass is 32.2. The van der Waals surface area contributed by atoms with Gasteiger partial charge in [0.15, 0.2) is 0 Å². The maximum atomic E-state index is 11.2. The minimum atomic E-state index is -2.81. The average molecular weight is 255 g/mol. The lowest BCUT2D eigenvalue weighted by Gasteiger charge is -2.05. The number of hydrogen-bond donors (Lipinski definition) is 1. The van der Waals surface area contributed by atoms with E-state index < -0.39 is 9.84 Å². The summed E-state index contributed by atoms with van der Waals surface area (Å²) in [5.74, 6) is 0.523. The molecule has 0 unspecified atom stereocenters. The first-order valence-corrected chi connectivity index (χ1v) is 7.82. The zero-order valence-electron chi connectivity index (χ0n) is 10.6. The van der Waals surface area contributed by atoms with Crippen molar-refractivity contribution in [3.05, 3.63) is 35.4 Å². The van der Waals surface area contributed by atoms with Crippen molar-refractivity contribution in [2.75, 3.05) is 18.1 Å². The third kappa shape index (κ3) is 5.84. The quantitative estimate of drug-likeness (QED) is 0.757. The highest BCUT2D eigenvalue weighted by molar-refractivity contribution is 7.91. The second-order valence-corrected chi connectivity index (χ2v) is 6.73. The molecule has 1 N–H and O–H groups in total. The van der Waals surface area contributed by atoms with Crippen molar-refractivity contribution in [1.82, 2.24) is 5.32 Å². The van der Waals surface area contributed by atoms with Gasteiger partial charge in [0.25, 0.3) is 0 Å². The normalized spacial score (nSPS) is 11.6. The molecule has 0 spiro atoms. The smallest absolute Gasteiger partial charge is 0.150 e. The van der Waals surface area contributed by atoms with E-state index in [4.69, 9.17) is 0 Å². The number of rotatable bonds is 7. The highest BCUT2D eigenvalue weighted by Crippen LogP contribution is 2.02. The summed E-state index contributed by atoms with van der Waals surface area (Å²) in [6.45, 7) is 5.29. The lowest BCUT2D eigenvalue weighted by atomic mass is 10.1. The van der Waals surface area contributed by atoms with Gasteiger partial charge in [-0.1, -0.05) is 36.8 Å². The van der Waals surface area contributed by atoms with Crippen molar-refractivity contribution in [3.8, 4) is 0 Å². The Morgan fingerprint density at radius 2 is 1.82 bits per heavy atom. The van der Waals surface area contributed by atoms with Crippen LogP contribution in [0.25, 0.3) is 0 Å². The lowest BCUT2D eigenvalue weighted by molar-refractivity contribution is 0.590. The largest absolute Gasteiger partial charge is 0.313 e. The fourth-order valence-corrected chi connectivity index (χ4v) is 2.37. The zero-order valence-corrected chi connectivity index (χ0v) is 11.4. The van der Waals surface area contributed by atoms with Crippen LogP contribution >= 0.6 is 0 Å². The minimum Gasteiger partial charge on any atom is -0.313 e. The van der Waals surface area contributed by atoms with Gasteiger partial charge in [-0.05, 0) is 25.5 Å². The summed E-state index contributed by atoms with van der Waals surface area (Å²) >= 11 is 0.